The van der Waals surface area contributed by atoms with Crippen LogP contribution in [-0.2, 0) is 11.3 Å². The molecule has 0 aliphatic carbocycles. The van der Waals surface area contributed by atoms with Crippen molar-refractivity contribution in [2.24, 2.45) is 0 Å². The van der Waals surface area contributed by atoms with Crippen LogP contribution in [-0.4, -0.2) is 21.8 Å². The summed E-state index contributed by atoms with van der Waals surface area (Å²) < 4.78 is 7.56. The summed E-state index contributed by atoms with van der Waals surface area (Å²) in [5.74, 6) is 0.419. The zero-order valence-electron chi connectivity index (χ0n) is 15.6. The van der Waals surface area contributed by atoms with Crippen molar-refractivity contribution < 1.29 is 9.53 Å². The van der Waals surface area contributed by atoms with Crippen molar-refractivity contribution in [2.45, 2.75) is 33.4 Å². The highest BCUT2D eigenvalue weighted by atomic mass is 35.5. The van der Waals surface area contributed by atoms with Crippen LogP contribution in [0.1, 0.15) is 23.9 Å². The van der Waals surface area contributed by atoms with Gasteiger partial charge in [0, 0.05) is 22.8 Å². The van der Waals surface area contributed by atoms with E-state index in [0.29, 0.717) is 17.3 Å². The molecule has 2 aromatic carbocycles. The average Bonchev–Trinajstić information content (AvgIpc) is 2.96. The number of carbonyl (C=O) groups is 1. The van der Waals surface area contributed by atoms with Crippen LogP contribution < -0.4 is 10.1 Å². The molecule has 3 aromatic rings. The van der Waals surface area contributed by atoms with Gasteiger partial charge in [0.25, 0.3) is 5.91 Å². The Kier molecular flexibility index (Phi) is 5.81. The topological polar surface area (TPSA) is 56.2 Å². The molecule has 0 unspecified atom stereocenters. The highest BCUT2D eigenvalue weighted by molar-refractivity contribution is 6.30. The molecule has 0 saturated carbocycles. The summed E-state index contributed by atoms with van der Waals surface area (Å²) in [6.07, 6.45) is -0.615. The first-order valence-electron chi connectivity index (χ1n) is 8.76. The Morgan fingerprint density at radius 1 is 1.15 bits per heavy atom. The van der Waals surface area contributed by atoms with Crippen LogP contribution in [0.5, 0.6) is 5.75 Å². The zero-order chi connectivity index (χ0) is 19.4. The van der Waals surface area contributed by atoms with E-state index >= 15 is 0 Å². The number of amides is 1. The molecule has 1 heterocycles. The molecule has 5 nitrogen and oxygen atoms in total. The number of hydrogen-bond acceptors (Lipinski definition) is 3. The van der Waals surface area contributed by atoms with Crippen molar-refractivity contribution >= 4 is 17.5 Å². The fourth-order valence-electron chi connectivity index (χ4n) is 2.84. The van der Waals surface area contributed by atoms with Gasteiger partial charge in [-0.25, -0.2) is 4.68 Å². The lowest BCUT2D eigenvalue weighted by Gasteiger charge is -2.15. The summed E-state index contributed by atoms with van der Waals surface area (Å²) in [5.41, 5.74) is 3.90. The Balaban J connectivity index is 1.65. The summed E-state index contributed by atoms with van der Waals surface area (Å²) in [7, 11) is 0. The van der Waals surface area contributed by atoms with E-state index in [1.165, 1.54) is 0 Å². The van der Waals surface area contributed by atoms with Crippen molar-refractivity contribution in [3.63, 3.8) is 0 Å². The Labute approximate surface area is 163 Å². The van der Waals surface area contributed by atoms with Gasteiger partial charge in [0.15, 0.2) is 6.10 Å². The van der Waals surface area contributed by atoms with Crippen LogP contribution in [0.15, 0.2) is 54.6 Å². The summed E-state index contributed by atoms with van der Waals surface area (Å²) in [4.78, 5) is 12.4. The second-order valence-electron chi connectivity index (χ2n) is 6.33. The lowest BCUT2D eigenvalue weighted by atomic mass is 10.2. The standard InChI is InChI=1S/C21H22ClN3O2/c1-14-20(15(2)25(24-14)18-7-5-4-6-8-18)13-23-21(26)16(3)27-19-11-9-17(22)10-12-19/h4-12,16H,13H2,1-3H3,(H,23,26)/t16-/m0/s1. The predicted octanol–water partition coefficient (Wildman–Crippen LogP) is 4.23. The summed E-state index contributed by atoms with van der Waals surface area (Å²) in [6.45, 7) is 6.07. The van der Waals surface area contributed by atoms with Gasteiger partial charge in [0.1, 0.15) is 5.75 Å². The number of para-hydroxylation sites is 1. The minimum absolute atomic E-state index is 0.184. The van der Waals surface area contributed by atoms with Gasteiger partial charge in [0.2, 0.25) is 0 Å². The molecule has 1 atom stereocenters. The van der Waals surface area contributed by atoms with Crippen molar-refractivity contribution in [1.82, 2.24) is 15.1 Å². The normalized spacial score (nSPS) is 11.9. The molecule has 1 aromatic heterocycles. The third kappa shape index (κ3) is 4.49. The fraction of sp³-hybridized carbons (Fsp3) is 0.238. The van der Waals surface area contributed by atoms with Gasteiger partial charge in [-0.2, -0.15) is 5.10 Å². The maximum atomic E-state index is 12.4. The Hall–Kier alpha value is -2.79. The number of aryl methyl sites for hydroxylation is 1. The molecule has 0 aliphatic rings. The maximum Gasteiger partial charge on any atom is 0.261 e. The SMILES string of the molecule is Cc1nn(-c2ccccc2)c(C)c1CNC(=O)[C@H](C)Oc1ccc(Cl)cc1. The number of nitrogens with zero attached hydrogens (tertiary/aromatic N) is 2. The van der Waals surface area contributed by atoms with Crippen molar-refractivity contribution in [2.75, 3.05) is 0 Å². The quantitative estimate of drug-likeness (QED) is 0.693. The minimum atomic E-state index is -0.615. The first kappa shape index (κ1) is 19.0. The number of rotatable bonds is 6. The van der Waals surface area contributed by atoms with Crippen molar-refractivity contribution in [3.8, 4) is 11.4 Å². The largest absolute Gasteiger partial charge is 0.481 e. The van der Waals surface area contributed by atoms with Gasteiger partial charge < -0.3 is 10.1 Å². The third-order valence-corrected chi connectivity index (χ3v) is 4.63. The molecule has 27 heavy (non-hydrogen) atoms. The minimum Gasteiger partial charge on any atom is -0.481 e. The molecule has 140 valence electrons. The fourth-order valence-corrected chi connectivity index (χ4v) is 2.97. The Morgan fingerprint density at radius 2 is 1.81 bits per heavy atom. The third-order valence-electron chi connectivity index (χ3n) is 4.38. The van der Waals surface area contributed by atoms with E-state index in [1.54, 1.807) is 31.2 Å². The zero-order valence-corrected chi connectivity index (χ0v) is 16.3. The molecule has 0 fully saturated rings. The second-order valence-corrected chi connectivity index (χ2v) is 6.76. The van der Waals surface area contributed by atoms with Crippen LogP contribution >= 0.6 is 11.6 Å². The van der Waals surface area contributed by atoms with Crippen LogP contribution in [0.3, 0.4) is 0 Å². The van der Waals surface area contributed by atoms with E-state index < -0.39 is 6.10 Å². The van der Waals surface area contributed by atoms with Gasteiger partial charge in [-0.1, -0.05) is 29.8 Å². The lowest BCUT2D eigenvalue weighted by molar-refractivity contribution is -0.127. The molecule has 1 amide bonds. The summed E-state index contributed by atoms with van der Waals surface area (Å²) in [5, 5.41) is 8.16. The summed E-state index contributed by atoms with van der Waals surface area (Å²) in [6, 6.07) is 16.9. The first-order chi connectivity index (χ1) is 13.0. The molecule has 0 bridgehead atoms. The van der Waals surface area contributed by atoms with E-state index in [0.717, 1.165) is 22.6 Å². The Morgan fingerprint density at radius 3 is 2.48 bits per heavy atom. The lowest BCUT2D eigenvalue weighted by Crippen LogP contribution is -2.36. The van der Waals surface area contributed by atoms with Crippen LogP contribution in [0, 0.1) is 13.8 Å². The number of aromatic nitrogens is 2. The van der Waals surface area contributed by atoms with E-state index in [-0.39, 0.29) is 5.91 Å². The molecule has 0 radical (unpaired) electrons. The predicted molar refractivity (Wildman–Crippen MR) is 106 cm³/mol. The van der Waals surface area contributed by atoms with Gasteiger partial charge in [-0.15, -0.1) is 0 Å². The van der Waals surface area contributed by atoms with E-state index in [2.05, 4.69) is 10.4 Å². The van der Waals surface area contributed by atoms with Gasteiger partial charge in [0.05, 0.1) is 11.4 Å². The molecule has 3 rings (SSSR count). The number of nitrogens with one attached hydrogen (secondary N) is 1. The van der Waals surface area contributed by atoms with Gasteiger partial charge in [-0.3, -0.25) is 4.79 Å². The van der Waals surface area contributed by atoms with Crippen LogP contribution in [0.2, 0.25) is 5.02 Å². The molecule has 0 spiro atoms. The van der Waals surface area contributed by atoms with Crippen molar-refractivity contribution in [1.29, 1.82) is 0 Å². The Bertz CT molecular complexity index is 921. The van der Waals surface area contributed by atoms with E-state index in [4.69, 9.17) is 16.3 Å². The second kappa shape index (κ2) is 8.27. The molecule has 0 aliphatic heterocycles. The van der Waals surface area contributed by atoms with E-state index in [9.17, 15) is 4.79 Å². The molecule has 0 saturated heterocycles. The molecule has 6 heteroatoms. The average molecular weight is 384 g/mol. The first-order valence-corrected chi connectivity index (χ1v) is 9.14. The number of ether oxygens (including phenoxy) is 1. The van der Waals surface area contributed by atoms with Gasteiger partial charge >= 0.3 is 0 Å². The molecular weight excluding hydrogens is 362 g/mol. The number of hydrogen-bond donors (Lipinski definition) is 1. The highest BCUT2D eigenvalue weighted by Gasteiger charge is 2.17. The van der Waals surface area contributed by atoms with Crippen molar-refractivity contribution in [3.05, 3.63) is 76.6 Å². The number of benzene rings is 2. The monoisotopic (exact) mass is 383 g/mol. The van der Waals surface area contributed by atoms with Crippen LogP contribution in [0.4, 0.5) is 0 Å². The smallest absolute Gasteiger partial charge is 0.261 e. The number of halogens is 1. The highest BCUT2D eigenvalue weighted by Crippen LogP contribution is 2.19. The molecular formula is C21H22ClN3O2. The van der Waals surface area contributed by atoms with E-state index in [1.807, 2.05) is 48.9 Å². The number of carbonyl (C=O) groups excluding carboxylic acids is 1. The van der Waals surface area contributed by atoms with Gasteiger partial charge in [-0.05, 0) is 57.2 Å². The van der Waals surface area contributed by atoms with Crippen LogP contribution in [0.25, 0.3) is 5.69 Å². The molecule has 1 N–H and O–H groups in total. The maximum absolute atomic E-state index is 12.4. The summed E-state index contributed by atoms with van der Waals surface area (Å²) >= 11 is 5.86.